The molecule has 7 heteroatoms. The van der Waals surface area contributed by atoms with E-state index in [2.05, 4.69) is 36.3 Å². The van der Waals surface area contributed by atoms with Gasteiger partial charge in [-0.1, -0.05) is 6.07 Å². The number of anilines is 2. The van der Waals surface area contributed by atoms with Gasteiger partial charge in [0.2, 0.25) is 5.95 Å². The Balaban J connectivity index is 2.22. The van der Waals surface area contributed by atoms with Gasteiger partial charge >= 0.3 is 0 Å². The summed E-state index contributed by atoms with van der Waals surface area (Å²) in [4.78, 5) is 12.4. The molecule has 2 heterocycles. The topological polar surface area (TPSA) is 103 Å². The summed E-state index contributed by atoms with van der Waals surface area (Å²) >= 11 is 3.41. The van der Waals surface area contributed by atoms with Gasteiger partial charge in [-0.05, 0) is 39.7 Å². The molecular formula is C13H11BrN6. The fraction of sp³-hybridized carbons (Fsp3) is 0. The summed E-state index contributed by atoms with van der Waals surface area (Å²) in [7, 11) is 0. The lowest BCUT2D eigenvalue weighted by Gasteiger charge is -2.08. The van der Waals surface area contributed by atoms with Crippen molar-refractivity contribution >= 4 is 38.6 Å². The zero-order valence-electron chi connectivity index (χ0n) is 10.3. The Kier molecular flexibility index (Phi) is 3.21. The number of halogens is 1. The molecule has 0 aliphatic heterocycles. The third-order valence-electron chi connectivity index (χ3n) is 2.89. The Morgan fingerprint density at radius 2 is 1.90 bits per heavy atom. The molecule has 100 valence electrons. The van der Waals surface area contributed by atoms with Crippen LogP contribution < -0.4 is 17.0 Å². The molecule has 3 rings (SSSR count). The summed E-state index contributed by atoms with van der Waals surface area (Å²) in [6.45, 7) is 0. The number of aromatic nitrogens is 3. The fourth-order valence-corrected chi connectivity index (χ4v) is 2.37. The number of benzene rings is 1. The first-order valence-electron chi connectivity index (χ1n) is 5.82. The zero-order valence-corrected chi connectivity index (χ0v) is 11.9. The predicted octanol–water partition coefficient (Wildman–Crippen LogP) is 2.32. The lowest BCUT2D eigenvalue weighted by atomic mass is 10.1. The molecule has 0 amide bonds. The number of nitrogens with one attached hydrogen (secondary N) is 1. The van der Waals surface area contributed by atoms with Crippen LogP contribution in [0, 0.1) is 0 Å². The molecule has 6 nitrogen and oxygen atoms in total. The summed E-state index contributed by atoms with van der Waals surface area (Å²) in [6.07, 6.45) is 3.53. The van der Waals surface area contributed by atoms with E-state index in [1.54, 1.807) is 12.4 Å². The minimum absolute atomic E-state index is 0.183. The first-order chi connectivity index (χ1) is 9.67. The number of hydrazine groups is 1. The first kappa shape index (κ1) is 12.8. The van der Waals surface area contributed by atoms with Crippen LogP contribution in [0.1, 0.15) is 0 Å². The molecule has 0 atom stereocenters. The molecule has 0 aliphatic rings. The highest BCUT2D eigenvalue weighted by atomic mass is 79.9. The maximum absolute atomic E-state index is 5.64. The number of hydrogen-bond donors (Lipinski definition) is 3. The van der Waals surface area contributed by atoms with E-state index >= 15 is 0 Å². The highest BCUT2D eigenvalue weighted by Gasteiger charge is 2.07. The second-order valence-corrected chi connectivity index (χ2v) is 5.11. The van der Waals surface area contributed by atoms with Crippen LogP contribution in [0.3, 0.4) is 0 Å². The maximum atomic E-state index is 5.64. The van der Waals surface area contributed by atoms with Crippen LogP contribution in [-0.2, 0) is 0 Å². The van der Waals surface area contributed by atoms with Crippen molar-refractivity contribution in [2.45, 2.75) is 0 Å². The molecule has 5 N–H and O–H groups in total. The molecule has 3 aromatic rings. The molecule has 2 aromatic heterocycles. The van der Waals surface area contributed by atoms with Gasteiger partial charge in [-0.25, -0.2) is 10.8 Å². The predicted molar refractivity (Wildman–Crippen MR) is 82.7 cm³/mol. The Morgan fingerprint density at radius 1 is 1.05 bits per heavy atom. The summed E-state index contributed by atoms with van der Waals surface area (Å²) in [5, 5.41) is 0.805. The summed E-state index contributed by atoms with van der Waals surface area (Å²) in [6, 6.07) is 7.78. The van der Waals surface area contributed by atoms with Crippen LogP contribution >= 0.6 is 15.9 Å². The van der Waals surface area contributed by atoms with E-state index in [4.69, 9.17) is 11.6 Å². The van der Waals surface area contributed by atoms with Crippen molar-refractivity contribution in [1.29, 1.82) is 0 Å². The van der Waals surface area contributed by atoms with E-state index in [1.165, 1.54) is 0 Å². The second kappa shape index (κ2) is 5.03. The normalized spacial score (nSPS) is 10.7. The molecule has 0 spiro atoms. The Bertz CT molecular complexity index is 789. The van der Waals surface area contributed by atoms with Gasteiger partial charge in [-0.3, -0.25) is 4.98 Å². The standard InChI is InChI=1S/C13H11BrN6/c14-9-3-8(5-17-6-9)7-1-2-11-10(4-7)12(20-16)19-13(15)18-11/h1-6H,16H2,(H3,15,18,19,20). The van der Waals surface area contributed by atoms with Crippen molar-refractivity contribution in [2.75, 3.05) is 11.2 Å². The van der Waals surface area contributed by atoms with Crippen LogP contribution in [-0.4, -0.2) is 15.0 Å². The highest BCUT2D eigenvalue weighted by Crippen LogP contribution is 2.28. The molecule has 20 heavy (non-hydrogen) atoms. The molecular weight excluding hydrogens is 320 g/mol. The number of nitrogen functional groups attached to an aromatic ring is 2. The second-order valence-electron chi connectivity index (χ2n) is 4.20. The number of hydrogen-bond acceptors (Lipinski definition) is 6. The van der Waals surface area contributed by atoms with E-state index in [0.717, 1.165) is 26.5 Å². The van der Waals surface area contributed by atoms with Gasteiger partial charge in [0.1, 0.15) is 0 Å². The third kappa shape index (κ3) is 2.28. The largest absolute Gasteiger partial charge is 0.368 e. The first-order valence-corrected chi connectivity index (χ1v) is 6.61. The van der Waals surface area contributed by atoms with E-state index in [-0.39, 0.29) is 5.95 Å². The zero-order chi connectivity index (χ0) is 14.1. The lowest BCUT2D eigenvalue weighted by Crippen LogP contribution is -2.11. The van der Waals surface area contributed by atoms with Crippen molar-refractivity contribution in [3.05, 3.63) is 41.1 Å². The van der Waals surface area contributed by atoms with E-state index in [1.807, 2.05) is 24.3 Å². The Hall–Kier alpha value is -2.25. The van der Waals surface area contributed by atoms with Crippen LogP contribution in [0.25, 0.3) is 22.0 Å². The smallest absolute Gasteiger partial charge is 0.222 e. The summed E-state index contributed by atoms with van der Waals surface area (Å²) in [5.41, 5.74) is 10.9. The molecule has 1 aromatic carbocycles. The van der Waals surface area contributed by atoms with E-state index in [0.29, 0.717) is 5.82 Å². The molecule has 0 fully saturated rings. The molecule has 0 radical (unpaired) electrons. The number of rotatable bonds is 2. The summed E-state index contributed by atoms with van der Waals surface area (Å²) in [5.74, 6) is 6.16. The monoisotopic (exact) mass is 330 g/mol. The molecule has 0 aliphatic carbocycles. The SMILES string of the molecule is NNc1nc(N)nc2ccc(-c3cncc(Br)c3)cc12. The van der Waals surface area contributed by atoms with Gasteiger partial charge in [0.25, 0.3) is 0 Å². The molecule has 0 unspecified atom stereocenters. The van der Waals surface area contributed by atoms with Gasteiger partial charge in [0.15, 0.2) is 5.82 Å². The highest BCUT2D eigenvalue weighted by molar-refractivity contribution is 9.10. The average Bonchev–Trinajstić information content (AvgIpc) is 2.46. The average molecular weight is 331 g/mol. The van der Waals surface area contributed by atoms with Crippen molar-refractivity contribution in [1.82, 2.24) is 15.0 Å². The van der Waals surface area contributed by atoms with Crippen LogP contribution in [0.15, 0.2) is 41.1 Å². The third-order valence-corrected chi connectivity index (χ3v) is 3.32. The number of nitrogens with two attached hydrogens (primary N) is 2. The van der Waals surface area contributed by atoms with Crippen LogP contribution in [0.5, 0.6) is 0 Å². The van der Waals surface area contributed by atoms with Gasteiger partial charge in [0.05, 0.1) is 5.52 Å². The van der Waals surface area contributed by atoms with E-state index in [9.17, 15) is 0 Å². The quantitative estimate of drug-likeness (QED) is 0.492. The van der Waals surface area contributed by atoms with Crippen molar-refractivity contribution in [3.63, 3.8) is 0 Å². The van der Waals surface area contributed by atoms with Crippen LogP contribution in [0.2, 0.25) is 0 Å². The minimum Gasteiger partial charge on any atom is -0.368 e. The molecule has 0 saturated carbocycles. The van der Waals surface area contributed by atoms with Gasteiger partial charge in [-0.2, -0.15) is 4.98 Å². The molecule has 0 saturated heterocycles. The van der Waals surface area contributed by atoms with Gasteiger partial charge in [0, 0.05) is 27.8 Å². The fourth-order valence-electron chi connectivity index (χ4n) is 2.01. The summed E-state index contributed by atoms with van der Waals surface area (Å²) < 4.78 is 0.917. The Labute approximate surface area is 123 Å². The Morgan fingerprint density at radius 3 is 2.65 bits per heavy atom. The van der Waals surface area contributed by atoms with Gasteiger partial charge < -0.3 is 11.2 Å². The van der Waals surface area contributed by atoms with Crippen molar-refractivity contribution < 1.29 is 0 Å². The van der Waals surface area contributed by atoms with Gasteiger partial charge in [-0.15, -0.1) is 0 Å². The molecule has 0 bridgehead atoms. The number of pyridine rings is 1. The van der Waals surface area contributed by atoms with Crippen LogP contribution in [0.4, 0.5) is 11.8 Å². The number of nitrogens with zero attached hydrogens (tertiary/aromatic N) is 3. The maximum Gasteiger partial charge on any atom is 0.222 e. The minimum atomic E-state index is 0.183. The van der Waals surface area contributed by atoms with Crippen molar-refractivity contribution in [3.8, 4) is 11.1 Å². The van der Waals surface area contributed by atoms with E-state index < -0.39 is 0 Å². The van der Waals surface area contributed by atoms with Crippen molar-refractivity contribution in [2.24, 2.45) is 5.84 Å². The lowest BCUT2D eigenvalue weighted by molar-refractivity contribution is 1.19. The number of fused-ring (bicyclic) bond motifs is 1.